The third-order valence-electron chi connectivity index (χ3n) is 4.30. The maximum Gasteiger partial charge on any atom is 0.269 e. The fourth-order valence-electron chi connectivity index (χ4n) is 2.67. The summed E-state index contributed by atoms with van der Waals surface area (Å²) in [6.45, 7) is 0.218. The van der Waals surface area contributed by atoms with Crippen molar-refractivity contribution in [1.82, 2.24) is 0 Å². The Labute approximate surface area is 197 Å². The van der Waals surface area contributed by atoms with E-state index in [1.54, 1.807) is 54.6 Å². The molecule has 160 valence electrons. The Kier molecular flexibility index (Phi) is 7.60. The Balaban J connectivity index is 1.69. The molecule has 3 aromatic rings. The number of nitrogens with one attached hydrogen (secondary N) is 1. The van der Waals surface area contributed by atoms with Gasteiger partial charge in [0, 0.05) is 12.1 Å². The zero-order valence-corrected chi connectivity index (χ0v) is 18.8. The molecule has 1 amide bonds. The van der Waals surface area contributed by atoms with E-state index in [9.17, 15) is 20.2 Å². The van der Waals surface area contributed by atoms with Crippen LogP contribution in [0.4, 0.5) is 11.4 Å². The minimum absolute atomic E-state index is 0.0120. The van der Waals surface area contributed by atoms with Crippen molar-refractivity contribution in [3.05, 3.63) is 103 Å². The summed E-state index contributed by atoms with van der Waals surface area (Å²) in [4.78, 5) is 22.7. The van der Waals surface area contributed by atoms with Crippen molar-refractivity contribution in [3.63, 3.8) is 0 Å². The number of nitriles is 1. The summed E-state index contributed by atoms with van der Waals surface area (Å²) in [6, 6.07) is 19.8. The Bertz CT molecular complexity index is 1240. The molecule has 1 N–H and O–H groups in total. The summed E-state index contributed by atoms with van der Waals surface area (Å²) in [5.41, 5.74) is 1.73. The normalized spacial score (nSPS) is 10.8. The van der Waals surface area contributed by atoms with Gasteiger partial charge >= 0.3 is 0 Å². The number of non-ortho nitro benzene ring substituents is 1. The minimum atomic E-state index is -0.574. The summed E-state index contributed by atoms with van der Waals surface area (Å²) < 4.78 is 6.37. The SMILES string of the molecule is N#C/C(=C\c1ccc(OCc2ccc([N+](=O)[O-])cc2)c(Br)c1)C(=O)Nc1ccccc1Cl. The molecule has 0 aliphatic heterocycles. The highest BCUT2D eigenvalue weighted by Gasteiger charge is 2.12. The molecule has 0 unspecified atom stereocenters. The first kappa shape index (κ1) is 23.0. The Hall–Kier alpha value is -3.67. The van der Waals surface area contributed by atoms with Crippen LogP contribution in [0, 0.1) is 21.4 Å². The molecule has 0 aromatic heterocycles. The Morgan fingerprint density at radius 3 is 2.53 bits per heavy atom. The lowest BCUT2D eigenvalue weighted by Gasteiger charge is -2.09. The number of nitrogens with zero attached hydrogens (tertiary/aromatic N) is 2. The van der Waals surface area contributed by atoms with Crippen LogP contribution in [-0.4, -0.2) is 10.8 Å². The molecule has 0 saturated heterocycles. The van der Waals surface area contributed by atoms with E-state index in [2.05, 4.69) is 21.2 Å². The van der Waals surface area contributed by atoms with Crippen LogP contribution in [0.5, 0.6) is 5.75 Å². The van der Waals surface area contributed by atoms with E-state index in [1.165, 1.54) is 18.2 Å². The average molecular weight is 513 g/mol. The van der Waals surface area contributed by atoms with Crippen molar-refractivity contribution in [1.29, 1.82) is 5.26 Å². The number of rotatable bonds is 7. The number of halogens is 2. The second-order valence-corrected chi connectivity index (χ2v) is 7.77. The van der Waals surface area contributed by atoms with Crippen LogP contribution in [0.15, 0.2) is 76.8 Å². The molecular weight excluding hydrogens is 498 g/mol. The zero-order valence-electron chi connectivity index (χ0n) is 16.4. The van der Waals surface area contributed by atoms with E-state index in [4.69, 9.17) is 16.3 Å². The van der Waals surface area contributed by atoms with E-state index < -0.39 is 10.8 Å². The van der Waals surface area contributed by atoms with Gasteiger partial charge in [0.1, 0.15) is 24.0 Å². The molecule has 9 heteroatoms. The molecule has 0 heterocycles. The monoisotopic (exact) mass is 511 g/mol. The van der Waals surface area contributed by atoms with Crippen molar-refractivity contribution < 1.29 is 14.5 Å². The van der Waals surface area contributed by atoms with Gasteiger partial charge in [-0.25, -0.2) is 0 Å². The maximum atomic E-state index is 12.4. The van der Waals surface area contributed by atoms with Gasteiger partial charge in [-0.05, 0) is 69.5 Å². The van der Waals surface area contributed by atoms with Gasteiger partial charge in [0.2, 0.25) is 0 Å². The number of nitro groups is 1. The molecule has 3 rings (SSSR count). The zero-order chi connectivity index (χ0) is 23.1. The number of carbonyl (C=O) groups is 1. The first-order valence-electron chi connectivity index (χ1n) is 9.20. The van der Waals surface area contributed by atoms with Crippen LogP contribution in [0.1, 0.15) is 11.1 Å². The summed E-state index contributed by atoms with van der Waals surface area (Å²) >= 11 is 9.46. The largest absolute Gasteiger partial charge is 0.488 e. The van der Waals surface area contributed by atoms with E-state index in [1.807, 2.05) is 6.07 Å². The van der Waals surface area contributed by atoms with Crippen LogP contribution in [0.3, 0.4) is 0 Å². The van der Waals surface area contributed by atoms with Crippen LogP contribution in [0.25, 0.3) is 6.08 Å². The number of hydrogen-bond donors (Lipinski definition) is 1. The van der Waals surface area contributed by atoms with Gasteiger partial charge in [0.25, 0.3) is 11.6 Å². The average Bonchev–Trinajstić information content (AvgIpc) is 2.78. The maximum absolute atomic E-state index is 12.4. The summed E-state index contributed by atoms with van der Waals surface area (Å²) in [5.74, 6) is -0.0326. The van der Waals surface area contributed by atoms with Crippen LogP contribution in [-0.2, 0) is 11.4 Å². The van der Waals surface area contributed by atoms with Crippen molar-refractivity contribution in [2.45, 2.75) is 6.61 Å². The molecular formula is C23H15BrClN3O4. The van der Waals surface area contributed by atoms with E-state index >= 15 is 0 Å². The number of hydrogen-bond acceptors (Lipinski definition) is 5. The van der Waals surface area contributed by atoms with E-state index in [0.717, 1.165) is 5.56 Å². The van der Waals surface area contributed by atoms with Crippen LogP contribution < -0.4 is 10.1 Å². The van der Waals surface area contributed by atoms with Gasteiger partial charge in [-0.2, -0.15) is 5.26 Å². The van der Waals surface area contributed by atoms with Gasteiger partial charge in [-0.1, -0.05) is 29.8 Å². The van der Waals surface area contributed by atoms with Crippen molar-refractivity contribution >= 4 is 50.9 Å². The molecule has 32 heavy (non-hydrogen) atoms. The van der Waals surface area contributed by atoms with Crippen molar-refractivity contribution in [2.24, 2.45) is 0 Å². The first-order valence-corrected chi connectivity index (χ1v) is 10.4. The minimum Gasteiger partial charge on any atom is -0.488 e. The molecule has 0 spiro atoms. The van der Waals surface area contributed by atoms with Gasteiger partial charge in [-0.15, -0.1) is 0 Å². The number of carbonyl (C=O) groups excluding carboxylic acids is 1. The predicted molar refractivity (Wildman–Crippen MR) is 125 cm³/mol. The van der Waals surface area contributed by atoms with Crippen molar-refractivity contribution in [3.8, 4) is 11.8 Å². The highest BCUT2D eigenvalue weighted by molar-refractivity contribution is 9.10. The number of amides is 1. The number of nitro benzene ring substituents is 1. The summed E-state index contributed by atoms with van der Waals surface area (Å²) in [5, 5.41) is 23.1. The summed E-state index contributed by atoms with van der Waals surface area (Å²) in [6.07, 6.45) is 1.46. The fraction of sp³-hybridized carbons (Fsp3) is 0.0435. The van der Waals surface area contributed by atoms with Gasteiger partial charge in [0.05, 0.1) is 20.1 Å². The van der Waals surface area contributed by atoms with Crippen LogP contribution in [0.2, 0.25) is 5.02 Å². The molecule has 0 aliphatic rings. The molecule has 0 aliphatic carbocycles. The number of para-hydroxylation sites is 1. The second kappa shape index (κ2) is 10.6. The third kappa shape index (κ3) is 5.94. The molecule has 0 saturated carbocycles. The molecule has 7 nitrogen and oxygen atoms in total. The van der Waals surface area contributed by atoms with Crippen LogP contribution >= 0.6 is 27.5 Å². The lowest BCUT2D eigenvalue weighted by molar-refractivity contribution is -0.384. The molecule has 0 fully saturated rings. The van der Waals surface area contributed by atoms with Crippen molar-refractivity contribution in [2.75, 3.05) is 5.32 Å². The van der Waals surface area contributed by atoms with Gasteiger partial charge in [0.15, 0.2) is 0 Å². The molecule has 3 aromatic carbocycles. The number of ether oxygens (including phenoxy) is 1. The first-order chi connectivity index (χ1) is 15.4. The molecule has 0 bridgehead atoms. The standard InChI is InChI=1S/C23H15BrClN3O4/c24-19-12-16(11-17(13-26)23(29)27-21-4-2-1-3-20(21)25)7-10-22(19)32-14-15-5-8-18(9-6-15)28(30)31/h1-12H,14H2,(H,27,29)/b17-11+. The third-order valence-corrected chi connectivity index (χ3v) is 5.24. The Morgan fingerprint density at radius 1 is 1.19 bits per heavy atom. The van der Waals surface area contributed by atoms with Gasteiger partial charge < -0.3 is 10.1 Å². The number of anilines is 1. The Morgan fingerprint density at radius 2 is 1.91 bits per heavy atom. The molecule has 0 atom stereocenters. The second-order valence-electron chi connectivity index (χ2n) is 6.51. The quantitative estimate of drug-likeness (QED) is 0.177. The van der Waals surface area contributed by atoms with Gasteiger partial charge in [-0.3, -0.25) is 14.9 Å². The number of benzene rings is 3. The smallest absolute Gasteiger partial charge is 0.269 e. The highest BCUT2D eigenvalue weighted by Crippen LogP contribution is 2.28. The predicted octanol–water partition coefficient (Wildman–Crippen LogP) is 6.14. The fourth-order valence-corrected chi connectivity index (χ4v) is 3.36. The molecule has 0 radical (unpaired) electrons. The topological polar surface area (TPSA) is 105 Å². The highest BCUT2D eigenvalue weighted by atomic mass is 79.9. The summed E-state index contributed by atoms with van der Waals surface area (Å²) in [7, 11) is 0. The lowest BCUT2D eigenvalue weighted by atomic mass is 10.1. The van der Waals surface area contributed by atoms with E-state index in [0.29, 0.717) is 26.5 Å². The lowest BCUT2D eigenvalue weighted by Crippen LogP contribution is -2.13. The van der Waals surface area contributed by atoms with E-state index in [-0.39, 0.29) is 17.9 Å².